The molecule has 0 fully saturated rings. The zero-order valence-corrected chi connectivity index (χ0v) is 9.54. The maximum Gasteiger partial charge on any atom is 0.327 e. The summed E-state index contributed by atoms with van der Waals surface area (Å²) in [5.74, 6) is 0.729. The minimum absolute atomic E-state index is 0.0790. The Morgan fingerprint density at radius 2 is 2.06 bits per heavy atom. The van der Waals surface area contributed by atoms with Crippen molar-refractivity contribution >= 4 is 11.2 Å². The number of nitrogens with one attached hydrogen (secondary N) is 3. The molecule has 0 saturated heterocycles. The third-order valence-electron chi connectivity index (χ3n) is 2.72. The fraction of sp³-hybridized carbons (Fsp3) is 0.500. The highest BCUT2D eigenvalue weighted by Gasteiger charge is 2.15. The van der Waals surface area contributed by atoms with E-state index in [1.54, 1.807) is 0 Å². The third-order valence-corrected chi connectivity index (χ3v) is 2.72. The molecule has 1 unspecified atom stereocenters. The van der Waals surface area contributed by atoms with E-state index >= 15 is 0 Å². The summed E-state index contributed by atoms with van der Waals surface area (Å²) in [6, 6.07) is 0. The van der Waals surface area contributed by atoms with Gasteiger partial charge in [-0.2, -0.15) is 0 Å². The molecule has 7 heteroatoms. The summed E-state index contributed by atoms with van der Waals surface area (Å²) in [6.45, 7) is 2.51. The van der Waals surface area contributed by atoms with Gasteiger partial charge in [0.05, 0.1) is 0 Å². The van der Waals surface area contributed by atoms with E-state index in [4.69, 9.17) is 5.73 Å². The van der Waals surface area contributed by atoms with Crippen LogP contribution in [-0.4, -0.2) is 26.5 Å². The standard InChI is InChI=1S/C10H15N5O2/c1-2-3-5(4-11)7-12-6-8(13-7)14-10(17)15-9(6)16/h5H,2-4,11H2,1H3,(H3,12,13,14,15,16,17). The van der Waals surface area contributed by atoms with E-state index in [0.29, 0.717) is 12.4 Å². The first-order valence-corrected chi connectivity index (χ1v) is 5.58. The van der Waals surface area contributed by atoms with Crippen LogP contribution < -0.4 is 17.0 Å². The normalized spacial score (nSPS) is 13.1. The van der Waals surface area contributed by atoms with Gasteiger partial charge in [-0.05, 0) is 6.42 Å². The second-order valence-corrected chi connectivity index (χ2v) is 3.98. The van der Waals surface area contributed by atoms with Crippen LogP contribution in [0.4, 0.5) is 0 Å². The number of hydrogen-bond donors (Lipinski definition) is 4. The first-order chi connectivity index (χ1) is 8.15. The fourth-order valence-corrected chi connectivity index (χ4v) is 1.86. The lowest BCUT2D eigenvalue weighted by molar-refractivity contribution is 0.596. The highest BCUT2D eigenvalue weighted by Crippen LogP contribution is 2.17. The van der Waals surface area contributed by atoms with Crippen molar-refractivity contribution in [2.75, 3.05) is 6.54 Å². The van der Waals surface area contributed by atoms with E-state index in [1.165, 1.54) is 0 Å². The molecular formula is C10H15N5O2. The summed E-state index contributed by atoms with van der Waals surface area (Å²) < 4.78 is 0. The van der Waals surface area contributed by atoms with Gasteiger partial charge in [0.25, 0.3) is 5.56 Å². The number of fused-ring (bicyclic) bond motifs is 1. The number of imidazole rings is 1. The lowest BCUT2D eigenvalue weighted by Crippen LogP contribution is -2.21. The van der Waals surface area contributed by atoms with Crippen LogP contribution >= 0.6 is 0 Å². The van der Waals surface area contributed by atoms with Crippen LogP contribution in [0.2, 0.25) is 0 Å². The number of hydrogen-bond acceptors (Lipinski definition) is 4. The first-order valence-electron chi connectivity index (χ1n) is 5.58. The van der Waals surface area contributed by atoms with Crippen molar-refractivity contribution in [3.63, 3.8) is 0 Å². The average Bonchev–Trinajstić information content (AvgIpc) is 2.69. The Bertz CT molecular complexity index is 623. The van der Waals surface area contributed by atoms with Crippen LogP contribution in [0.1, 0.15) is 31.5 Å². The molecule has 0 aliphatic rings. The molecule has 2 aromatic rings. The zero-order valence-electron chi connectivity index (χ0n) is 9.54. The number of rotatable bonds is 4. The van der Waals surface area contributed by atoms with E-state index < -0.39 is 11.2 Å². The monoisotopic (exact) mass is 237 g/mol. The highest BCUT2D eigenvalue weighted by atomic mass is 16.2. The predicted molar refractivity (Wildman–Crippen MR) is 64.0 cm³/mol. The van der Waals surface area contributed by atoms with Crippen LogP contribution in [0.3, 0.4) is 0 Å². The van der Waals surface area contributed by atoms with Gasteiger partial charge in [-0.15, -0.1) is 0 Å². The van der Waals surface area contributed by atoms with E-state index in [1.807, 2.05) is 0 Å². The molecule has 0 aromatic carbocycles. The van der Waals surface area contributed by atoms with E-state index in [0.717, 1.165) is 12.8 Å². The number of nitrogens with zero attached hydrogens (tertiary/aromatic N) is 1. The van der Waals surface area contributed by atoms with Gasteiger partial charge in [0, 0.05) is 12.5 Å². The summed E-state index contributed by atoms with van der Waals surface area (Å²) >= 11 is 0. The Morgan fingerprint density at radius 1 is 1.29 bits per heavy atom. The van der Waals surface area contributed by atoms with Crippen molar-refractivity contribution < 1.29 is 0 Å². The maximum absolute atomic E-state index is 11.5. The second kappa shape index (κ2) is 4.54. The minimum atomic E-state index is -0.555. The van der Waals surface area contributed by atoms with Gasteiger partial charge in [0.1, 0.15) is 11.3 Å². The SMILES string of the molecule is CCCC(CN)c1nc2[nH]c(=O)[nH]c(=O)c2[nH]1. The van der Waals surface area contributed by atoms with Gasteiger partial charge in [0.2, 0.25) is 0 Å². The van der Waals surface area contributed by atoms with Crippen LogP contribution in [-0.2, 0) is 0 Å². The van der Waals surface area contributed by atoms with Crippen molar-refractivity contribution in [3.8, 4) is 0 Å². The zero-order chi connectivity index (χ0) is 12.4. The molecule has 2 heterocycles. The first kappa shape index (κ1) is 11.6. The van der Waals surface area contributed by atoms with Crippen LogP contribution in [0.15, 0.2) is 9.59 Å². The van der Waals surface area contributed by atoms with Crippen molar-refractivity contribution in [1.82, 2.24) is 19.9 Å². The van der Waals surface area contributed by atoms with Gasteiger partial charge in [-0.25, -0.2) is 9.78 Å². The van der Waals surface area contributed by atoms with Crippen molar-refractivity contribution in [3.05, 3.63) is 26.7 Å². The quantitative estimate of drug-likeness (QED) is 0.587. The second-order valence-electron chi connectivity index (χ2n) is 3.98. The van der Waals surface area contributed by atoms with Crippen LogP contribution in [0, 0.1) is 0 Å². The van der Waals surface area contributed by atoms with Crippen LogP contribution in [0.25, 0.3) is 11.2 Å². The molecule has 0 aliphatic heterocycles. The lowest BCUT2D eigenvalue weighted by Gasteiger charge is -2.09. The lowest BCUT2D eigenvalue weighted by atomic mass is 10.0. The van der Waals surface area contributed by atoms with Crippen LogP contribution in [0.5, 0.6) is 0 Å². The van der Waals surface area contributed by atoms with E-state index in [9.17, 15) is 9.59 Å². The molecule has 0 radical (unpaired) electrons. The molecular weight excluding hydrogens is 222 g/mol. The number of H-pyrrole nitrogens is 3. The average molecular weight is 237 g/mol. The fourth-order valence-electron chi connectivity index (χ4n) is 1.86. The van der Waals surface area contributed by atoms with E-state index in [-0.39, 0.29) is 17.1 Å². The van der Waals surface area contributed by atoms with Gasteiger partial charge in [0.15, 0.2) is 5.65 Å². The highest BCUT2D eigenvalue weighted by molar-refractivity contribution is 5.68. The summed E-state index contributed by atoms with van der Waals surface area (Å²) in [5, 5.41) is 0. The molecule has 7 nitrogen and oxygen atoms in total. The number of aromatic amines is 3. The van der Waals surface area contributed by atoms with Crippen molar-refractivity contribution in [2.45, 2.75) is 25.7 Å². The van der Waals surface area contributed by atoms with Gasteiger partial charge < -0.3 is 10.7 Å². The maximum atomic E-state index is 11.5. The smallest absolute Gasteiger partial charge is 0.327 e. The molecule has 2 aromatic heterocycles. The number of aromatic nitrogens is 4. The Morgan fingerprint density at radius 3 is 2.71 bits per heavy atom. The molecule has 0 amide bonds. The Balaban J connectivity index is 2.54. The molecule has 0 saturated carbocycles. The topological polar surface area (TPSA) is 120 Å². The Hall–Kier alpha value is -1.89. The van der Waals surface area contributed by atoms with Crippen molar-refractivity contribution in [2.24, 2.45) is 5.73 Å². The van der Waals surface area contributed by atoms with E-state index in [2.05, 4.69) is 26.9 Å². The summed E-state index contributed by atoms with van der Waals surface area (Å²) in [6.07, 6.45) is 1.87. The number of nitrogens with two attached hydrogens (primary N) is 1. The summed E-state index contributed by atoms with van der Waals surface area (Å²) in [5.41, 5.74) is 5.21. The van der Waals surface area contributed by atoms with Gasteiger partial charge in [-0.1, -0.05) is 13.3 Å². The minimum Gasteiger partial charge on any atom is -0.336 e. The molecule has 0 bridgehead atoms. The Kier molecular flexibility index (Phi) is 3.10. The molecule has 1 atom stereocenters. The Labute approximate surface area is 96.5 Å². The summed E-state index contributed by atoms with van der Waals surface area (Å²) in [7, 11) is 0. The van der Waals surface area contributed by atoms with Crippen molar-refractivity contribution in [1.29, 1.82) is 0 Å². The van der Waals surface area contributed by atoms with Gasteiger partial charge >= 0.3 is 5.69 Å². The third kappa shape index (κ3) is 2.14. The molecule has 5 N–H and O–H groups in total. The molecule has 0 aliphatic carbocycles. The molecule has 17 heavy (non-hydrogen) atoms. The summed E-state index contributed by atoms with van der Waals surface area (Å²) in [4.78, 5) is 34.4. The van der Waals surface area contributed by atoms with Gasteiger partial charge in [-0.3, -0.25) is 14.8 Å². The molecule has 0 spiro atoms. The molecule has 2 rings (SSSR count). The largest absolute Gasteiger partial charge is 0.336 e. The molecule has 92 valence electrons. The predicted octanol–water partition coefficient (Wildman–Crippen LogP) is -0.218.